The maximum Gasteiger partial charge on any atom is 0.211 e. The molecule has 0 aliphatic heterocycles. The Morgan fingerprint density at radius 3 is 2.26 bits per heavy atom. The fraction of sp³-hybridized carbons (Fsp3) is 0.105. The molecule has 4 nitrogen and oxygen atoms in total. The third-order valence-electron chi connectivity index (χ3n) is 3.55. The number of ketones is 1. The number of aromatic nitrogens is 2. The van der Waals surface area contributed by atoms with E-state index in [1.54, 1.807) is 12.3 Å². The van der Waals surface area contributed by atoms with Gasteiger partial charge < -0.3 is 4.90 Å². The lowest BCUT2D eigenvalue weighted by molar-refractivity contribution is 0.103. The molecular formula is C19H17N3O. The summed E-state index contributed by atoms with van der Waals surface area (Å²) in [6, 6.07) is 18.6. The van der Waals surface area contributed by atoms with E-state index >= 15 is 0 Å². The summed E-state index contributed by atoms with van der Waals surface area (Å²) in [5.41, 5.74) is 3.55. The van der Waals surface area contributed by atoms with Crippen LogP contribution in [0.15, 0.2) is 66.9 Å². The minimum Gasteiger partial charge on any atom is -0.378 e. The van der Waals surface area contributed by atoms with E-state index in [2.05, 4.69) is 9.97 Å². The Balaban J connectivity index is 1.91. The van der Waals surface area contributed by atoms with Gasteiger partial charge in [0.1, 0.15) is 5.69 Å². The summed E-state index contributed by atoms with van der Waals surface area (Å²) >= 11 is 0. The predicted molar refractivity (Wildman–Crippen MR) is 91.7 cm³/mol. The molecule has 0 spiro atoms. The van der Waals surface area contributed by atoms with Gasteiger partial charge in [-0.2, -0.15) is 0 Å². The highest BCUT2D eigenvalue weighted by Gasteiger charge is 2.12. The van der Waals surface area contributed by atoms with Crippen LogP contribution in [-0.4, -0.2) is 29.8 Å². The van der Waals surface area contributed by atoms with Crippen LogP contribution in [0, 0.1) is 0 Å². The van der Waals surface area contributed by atoms with Crippen LogP contribution in [0.3, 0.4) is 0 Å². The van der Waals surface area contributed by atoms with Gasteiger partial charge in [-0.05, 0) is 48.5 Å². The maximum absolute atomic E-state index is 12.6. The summed E-state index contributed by atoms with van der Waals surface area (Å²) in [5, 5.41) is 0. The Labute approximate surface area is 135 Å². The van der Waals surface area contributed by atoms with Crippen LogP contribution >= 0.6 is 0 Å². The molecule has 2 aromatic heterocycles. The van der Waals surface area contributed by atoms with Crippen LogP contribution in [0.5, 0.6) is 0 Å². The minimum absolute atomic E-state index is 0.0897. The second-order valence-electron chi connectivity index (χ2n) is 5.39. The molecule has 3 aromatic rings. The van der Waals surface area contributed by atoms with E-state index in [-0.39, 0.29) is 5.78 Å². The van der Waals surface area contributed by atoms with Crippen molar-refractivity contribution in [2.75, 3.05) is 19.0 Å². The van der Waals surface area contributed by atoms with Crippen molar-refractivity contribution in [3.05, 3.63) is 78.1 Å². The number of pyridine rings is 2. The lowest BCUT2D eigenvalue weighted by Crippen LogP contribution is -2.09. The lowest BCUT2D eigenvalue weighted by Gasteiger charge is -2.12. The van der Waals surface area contributed by atoms with Gasteiger partial charge in [0.2, 0.25) is 5.78 Å². The van der Waals surface area contributed by atoms with Crippen LogP contribution < -0.4 is 4.90 Å². The molecular weight excluding hydrogens is 286 g/mol. The largest absolute Gasteiger partial charge is 0.378 e. The first-order valence-electron chi connectivity index (χ1n) is 7.36. The smallest absolute Gasteiger partial charge is 0.211 e. The minimum atomic E-state index is -0.0897. The summed E-state index contributed by atoms with van der Waals surface area (Å²) < 4.78 is 0. The van der Waals surface area contributed by atoms with Gasteiger partial charge in [-0.25, -0.2) is 4.98 Å². The maximum atomic E-state index is 12.6. The molecule has 114 valence electrons. The van der Waals surface area contributed by atoms with Crippen molar-refractivity contribution in [3.8, 4) is 11.4 Å². The first-order chi connectivity index (χ1) is 11.1. The van der Waals surface area contributed by atoms with E-state index in [1.807, 2.05) is 73.6 Å². The zero-order valence-electron chi connectivity index (χ0n) is 13.1. The Morgan fingerprint density at radius 2 is 1.61 bits per heavy atom. The number of benzene rings is 1. The van der Waals surface area contributed by atoms with Crippen LogP contribution in [0.2, 0.25) is 0 Å². The van der Waals surface area contributed by atoms with E-state index in [1.165, 1.54) is 0 Å². The number of hydrogen-bond donors (Lipinski definition) is 0. The van der Waals surface area contributed by atoms with Gasteiger partial charge in [0.05, 0.1) is 11.4 Å². The van der Waals surface area contributed by atoms with Gasteiger partial charge in [-0.1, -0.05) is 12.1 Å². The van der Waals surface area contributed by atoms with E-state index in [0.717, 1.165) is 11.4 Å². The first kappa shape index (κ1) is 14.9. The Hall–Kier alpha value is -3.01. The third-order valence-corrected chi connectivity index (χ3v) is 3.55. The lowest BCUT2D eigenvalue weighted by atomic mass is 10.1. The number of nitrogens with zero attached hydrogens (tertiary/aromatic N) is 3. The summed E-state index contributed by atoms with van der Waals surface area (Å²) in [4.78, 5) is 23.3. The van der Waals surface area contributed by atoms with Crippen molar-refractivity contribution in [1.29, 1.82) is 0 Å². The molecule has 0 atom stereocenters. The molecule has 0 bridgehead atoms. The Bertz CT molecular complexity index is 812. The molecule has 0 aliphatic rings. The van der Waals surface area contributed by atoms with E-state index in [4.69, 9.17) is 0 Å². The van der Waals surface area contributed by atoms with Crippen molar-refractivity contribution >= 4 is 11.5 Å². The number of carbonyl (C=O) groups excluding carboxylic acids is 1. The molecule has 0 fully saturated rings. The van der Waals surface area contributed by atoms with Crippen LogP contribution in [0.1, 0.15) is 16.1 Å². The molecule has 2 heterocycles. The van der Waals surface area contributed by atoms with E-state index in [0.29, 0.717) is 17.0 Å². The Kier molecular flexibility index (Phi) is 4.15. The molecule has 3 rings (SSSR count). The Morgan fingerprint density at radius 1 is 0.870 bits per heavy atom. The molecule has 23 heavy (non-hydrogen) atoms. The van der Waals surface area contributed by atoms with Gasteiger partial charge in [0.15, 0.2) is 0 Å². The number of hydrogen-bond acceptors (Lipinski definition) is 4. The monoisotopic (exact) mass is 303 g/mol. The summed E-state index contributed by atoms with van der Waals surface area (Å²) in [6.07, 6.45) is 1.71. The molecule has 4 heteroatoms. The van der Waals surface area contributed by atoms with Gasteiger partial charge in [0, 0.05) is 31.5 Å². The van der Waals surface area contributed by atoms with Gasteiger partial charge in [0.25, 0.3) is 0 Å². The summed E-state index contributed by atoms with van der Waals surface area (Å²) in [5.74, 6) is -0.0897. The second-order valence-corrected chi connectivity index (χ2v) is 5.39. The SMILES string of the molecule is CN(C)c1ccc(C(=O)c2cccc(-c3ccccn3)n2)cc1. The third kappa shape index (κ3) is 3.26. The molecule has 0 amide bonds. The fourth-order valence-corrected chi connectivity index (χ4v) is 2.28. The van der Waals surface area contributed by atoms with Crippen molar-refractivity contribution < 1.29 is 4.79 Å². The predicted octanol–water partition coefficient (Wildman–Crippen LogP) is 3.44. The highest BCUT2D eigenvalue weighted by molar-refractivity contribution is 6.08. The standard InChI is InChI=1S/C19H17N3O/c1-22(2)15-11-9-14(10-12-15)19(23)18-8-5-7-17(21-18)16-6-3-4-13-20-16/h3-13H,1-2H3. The number of rotatable bonds is 4. The fourth-order valence-electron chi connectivity index (χ4n) is 2.28. The second kappa shape index (κ2) is 6.40. The quantitative estimate of drug-likeness (QED) is 0.693. The highest BCUT2D eigenvalue weighted by Crippen LogP contribution is 2.17. The zero-order valence-corrected chi connectivity index (χ0v) is 13.1. The van der Waals surface area contributed by atoms with E-state index in [9.17, 15) is 4.79 Å². The van der Waals surface area contributed by atoms with Crippen molar-refractivity contribution in [2.24, 2.45) is 0 Å². The average Bonchev–Trinajstić information content (AvgIpc) is 2.62. The highest BCUT2D eigenvalue weighted by atomic mass is 16.1. The zero-order chi connectivity index (χ0) is 16.2. The topological polar surface area (TPSA) is 46.1 Å². The number of carbonyl (C=O) groups is 1. The van der Waals surface area contributed by atoms with Gasteiger partial charge in [-0.15, -0.1) is 0 Å². The summed E-state index contributed by atoms with van der Waals surface area (Å²) in [6.45, 7) is 0. The van der Waals surface area contributed by atoms with Crippen molar-refractivity contribution in [3.63, 3.8) is 0 Å². The normalized spacial score (nSPS) is 10.3. The molecule has 0 N–H and O–H groups in total. The van der Waals surface area contributed by atoms with Crippen molar-refractivity contribution in [2.45, 2.75) is 0 Å². The molecule has 0 aliphatic carbocycles. The molecule has 0 unspecified atom stereocenters. The van der Waals surface area contributed by atoms with Gasteiger partial charge >= 0.3 is 0 Å². The van der Waals surface area contributed by atoms with Crippen LogP contribution in [0.4, 0.5) is 5.69 Å². The van der Waals surface area contributed by atoms with Crippen LogP contribution in [-0.2, 0) is 0 Å². The van der Waals surface area contributed by atoms with E-state index < -0.39 is 0 Å². The van der Waals surface area contributed by atoms with Gasteiger partial charge in [-0.3, -0.25) is 9.78 Å². The van der Waals surface area contributed by atoms with Crippen molar-refractivity contribution in [1.82, 2.24) is 9.97 Å². The first-order valence-corrected chi connectivity index (χ1v) is 7.36. The van der Waals surface area contributed by atoms with Crippen LogP contribution in [0.25, 0.3) is 11.4 Å². The number of anilines is 1. The summed E-state index contributed by atoms with van der Waals surface area (Å²) in [7, 11) is 3.93. The molecule has 0 saturated carbocycles. The average molecular weight is 303 g/mol. The molecule has 0 saturated heterocycles. The molecule has 1 aromatic carbocycles. The molecule has 0 radical (unpaired) electrons.